The quantitative estimate of drug-likeness (QED) is 0.387. The standard InChI is InChI=1S/C22H19Cl2N3O3S/c1-15-6-8-16(9-7-15)12-13-31(29,30)27-21-5-3-2-4-20(21)26-22(28)25-17-10-11-18(23)19(24)14-17/h2-14,27H,1H3,(H2,25,26,28). The minimum Gasteiger partial charge on any atom is -0.308 e. The average molecular weight is 476 g/mol. The number of halogens is 2. The van der Waals surface area contributed by atoms with Crippen molar-refractivity contribution in [2.45, 2.75) is 6.92 Å². The van der Waals surface area contributed by atoms with Crippen LogP contribution in [0, 0.1) is 6.92 Å². The highest BCUT2D eigenvalue weighted by atomic mass is 35.5. The second-order valence-electron chi connectivity index (χ2n) is 6.61. The number of amides is 2. The molecule has 0 aliphatic carbocycles. The highest BCUT2D eigenvalue weighted by molar-refractivity contribution is 7.95. The van der Waals surface area contributed by atoms with Crippen molar-refractivity contribution in [1.29, 1.82) is 0 Å². The van der Waals surface area contributed by atoms with E-state index in [2.05, 4.69) is 15.4 Å². The van der Waals surface area contributed by atoms with Crippen molar-refractivity contribution >= 4 is 62.4 Å². The van der Waals surface area contributed by atoms with Crippen molar-refractivity contribution in [3.63, 3.8) is 0 Å². The van der Waals surface area contributed by atoms with E-state index in [1.165, 1.54) is 12.1 Å². The summed E-state index contributed by atoms with van der Waals surface area (Å²) < 4.78 is 27.4. The van der Waals surface area contributed by atoms with Crippen LogP contribution in [0.2, 0.25) is 10.0 Å². The summed E-state index contributed by atoms with van der Waals surface area (Å²) in [4.78, 5) is 12.3. The molecule has 160 valence electrons. The zero-order valence-electron chi connectivity index (χ0n) is 16.4. The third-order valence-electron chi connectivity index (χ3n) is 4.12. The van der Waals surface area contributed by atoms with Crippen LogP contribution in [-0.2, 0) is 10.0 Å². The van der Waals surface area contributed by atoms with Gasteiger partial charge in [-0.15, -0.1) is 0 Å². The number of benzene rings is 3. The van der Waals surface area contributed by atoms with Gasteiger partial charge >= 0.3 is 6.03 Å². The van der Waals surface area contributed by atoms with E-state index in [4.69, 9.17) is 23.2 Å². The second-order valence-corrected chi connectivity index (χ2v) is 8.99. The van der Waals surface area contributed by atoms with Crippen molar-refractivity contribution in [3.8, 4) is 0 Å². The van der Waals surface area contributed by atoms with Crippen LogP contribution < -0.4 is 15.4 Å². The molecule has 0 saturated heterocycles. The normalized spacial score (nSPS) is 11.3. The van der Waals surface area contributed by atoms with E-state index in [-0.39, 0.29) is 11.4 Å². The summed E-state index contributed by atoms with van der Waals surface area (Å²) in [5, 5.41) is 6.97. The summed E-state index contributed by atoms with van der Waals surface area (Å²) in [6.07, 6.45) is 1.49. The molecule has 0 bridgehead atoms. The van der Waals surface area contributed by atoms with Gasteiger partial charge in [0.1, 0.15) is 0 Å². The third kappa shape index (κ3) is 6.75. The van der Waals surface area contributed by atoms with Gasteiger partial charge in [-0.2, -0.15) is 0 Å². The van der Waals surface area contributed by atoms with E-state index in [9.17, 15) is 13.2 Å². The maximum Gasteiger partial charge on any atom is 0.323 e. The van der Waals surface area contributed by atoms with Gasteiger partial charge in [0.15, 0.2) is 0 Å². The summed E-state index contributed by atoms with van der Waals surface area (Å²) in [5.41, 5.74) is 2.78. The highest BCUT2D eigenvalue weighted by Crippen LogP contribution is 2.26. The number of aryl methyl sites for hydroxylation is 1. The predicted octanol–water partition coefficient (Wildman–Crippen LogP) is 6.36. The lowest BCUT2D eigenvalue weighted by Gasteiger charge is -2.13. The molecule has 0 heterocycles. The summed E-state index contributed by atoms with van der Waals surface area (Å²) in [6, 6.07) is 18.0. The predicted molar refractivity (Wildman–Crippen MR) is 128 cm³/mol. The van der Waals surface area contributed by atoms with Gasteiger partial charge < -0.3 is 10.6 Å². The number of para-hydroxylation sites is 2. The van der Waals surface area contributed by atoms with Crippen LogP contribution in [0.3, 0.4) is 0 Å². The molecule has 0 atom stereocenters. The van der Waals surface area contributed by atoms with Gasteiger partial charge in [-0.1, -0.05) is 65.2 Å². The summed E-state index contributed by atoms with van der Waals surface area (Å²) in [6.45, 7) is 1.95. The van der Waals surface area contributed by atoms with Gasteiger partial charge in [0.05, 0.1) is 26.8 Å². The van der Waals surface area contributed by atoms with Crippen molar-refractivity contribution in [1.82, 2.24) is 0 Å². The number of anilines is 3. The first-order valence-electron chi connectivity index (χ1n) is 9.11. The van der Waals surface area contributed by atoms with Crippen LogP contribution in [0.4, 0.5) is 21.9 Å². The molecule has 0 spiro atoms. The molecule has 0 saturated carbocycles. The van der Waals surface area contributed by atoms with Gasteiger partial charge in [-0.3, -0.25) is 4.72 Å². The highest BCUT2D eigenvalue weighted by Gasteiger charge is 2.12. The number of carbonyl (C=O) groups excluding carboxylic acids is 1. The van der Waals surface area contributed by atoms with E-state index in [1.807, 2.05) is 31.2 Å². The Morgan fingerprint density at radius 1 is 0.871 bits per heavy atom. The lowest BCUT2D eigenvalue weighted by Crippen LogP contribution is -2.21. The van der Waals surface area contributed by atoms with Crippen molar-refractivity contribution in [2.75, 3.05) is 15.4 Å². The van der Waals surface area contributed by atoms with Gasteiger partial charge in [0.2, 0.25) is 0 Å². The molecule has 3 N–H and O–H groups in total. The molecule has 9 heteroatoms. The van der Waals surface area contributed by atoms with Crippen LogP contribution >= 0.6 is 23.2 Å². The van der Waals surface area contributed by atoms with Gasteiger partial charge in [-0.05, 0) is 48.9 Å². The fourth-order valence-electron chi connectivity index (χ4n) is 2.57. The van der Waals surface area contributed by atoms with Crippen molar-refractivity contribution in [3.05, 3.63) is 93.3 Å². The molecule has 0 unspecified atom stereocenters. The number of urea groups is 1. The minimum absolute atomic E-state index is 0.223. The van der Waals surface area contributed by atoms with Crippen LogP contribution in [0.25, 0.3) is 6.08 Å². The van der Waals surface area contributed by atoms with E-state index in [1.54, 1.807) is 36.4 Å². The van der Waals surface area contributed by atoms with Crippen LogP contribution in [0.15, 0.2) is 72.1 Å². The molecular weight excluding hydrogens is 457 g/mol. The minimum atomic E-state index is -3.80. The average Bonchev–Trinajstić information content (AvgIpc) is 2.72. The molecule has 0 aliphatic heterocycles. The molecule has 3 aromatic rings. The Morgan fingerprint density at radius 3 is 2.23 bits per heavy atom. The lowest BCUT2D eigenvalue weighted by molar-refractivity contribution is 0.262. The third-order valence-corrected chi connectivity index (χ3v) is 5.86. The Balaban J connectivity index is 1.71. The van der Waals surface area contributed by atoms with Crippen molar-refractivity contribution < 1.29 is 13.2 Å². The Hall–Kier alpha value is -3.00. The zero-order chi connectivity index (χ0) is 22.4. The van der Waals surface area contributed by atoms with Crippen molar-refractivity contribution in [2.24, 2.45) is 0 Å². The molecule has 6 nitrogen and oxygen atoms in total. The van der Waals surface area contributed by atoms with Crippen LogP contribution in [0.5, 0.6) is 0 Å². The Labute approximate surface area is 190 Å². The zero-order valence-corrected chi connectivity index (χ0v) is 18.7. The van der Waals surface area contributed by atoms with E-state index in [0.717, 1.165) is 16.5 Å². The molecule has 0 aliphatic rings. The van der Waals surface area contributed by atoms with Crippen LogP contribution in [0.1, 0.15) is 11.1 Å². The number of sulfonamides is 1. The second kappa shape index (κ2) is 9.87. The molecule has 31 heavy (non-hydrogen) atoms. The Bertz CT molecular complexity index is 1230. The smallest absolute Gasteiger partial charge is 0.308 e. The molecule has 2 amide bonds. The Morgan fingerprint density at radius 2 is 1.55 bits per heavy atom. The Kier molecular flexibility index (Phi) is 7.22. The SMILES string of the molecule is Cc1ccc(C=CS(=O)(=O)Nc2ccccc2NC(=O)Nc2ccc(Cl)c(Cl)c2)cc1. The first kappa shape index (κ1) is 22.7. The lowest BCUT2D eigenvalue weighted by atomic mass is 10.2. The van der Waals surface area contributed by atoms with Gasteiger partial charge in [0, 0.05) is 5.69 Å². The summed E-state index contributed by atoms with van der Waals surface area (Å²) in [5.74, 6) is 0. The maximum atomic E-state index is 12.5. The monoisotopic (exact) mass is 475 g/mol. The molecule has 0 aromatic heterocycles. The summed E-state index contributed by atoms with van der Waals surface area (Å²) in [7, 11) is -3.80. The molecule has 0 fully saturated rings. The fraction of sp³-hybridized carbons (Fsp3) is 0.0455. The number of nitrogens with one attached hydrogen (secondary N) is 3. The van der Waals surface area contributed by atoms with Gasteiger partial charge in [0.25, 0.3) is 10.0 Å². The summed E-state index contributed by atoms with van der Waals surface area (Å²) >= 11 is 11.8. The first-order valence-corrected chi connectivity index (χ1v) is 11.4. The number of carbonyl (C=O) groups is 1. The van der Waals surface area contributed by atoms with Crippen LogP contribution in [-0.4, -0.2) is 14.4 Å². The largest absolute Gasteiger partial charge is 0.323 e. The number of hydrogen-bond acceptors (Lipinski definition) is 3. The fourth-order valence-corrected chi connectivity index (χ4v) is 3.76. The van der Waals surface area contributed by atoms with E-state index >= 15 is 0 Å². The number of rotatable bonds is 6. The van der Waals surface area contributed by atoms with E-state index < -0.39 is 16.1 Å². The van der Waals surface area contributed by atoms with Gasteiger partial charge in [-0.25, -0.2) is 13.2 Å². The maximum absolute atomic E-state index is 12.5. The number of hydrogen-bond donors (Lipinski definition) is 3. The van der Waals surface area contributed by atoms with E-state index in [0.29, 0.717) is 15.7 Å². The first-order chi connectivity index (χ1) is 14.7. The molecule has 3 aromatic carbocycles. The topological polar surface area (TPSA) is 87.3 Å². The molecular formula is C22H19Cl2N3O3S. The molecule has 0 radical (unpaired) electrons. The molecule has 3 rings (SSSR count).